The van der Waals surface area contributed by atoms with Crippen LogP contribution in [0.1, 0.15) is 19.3 Å². The summed E-state index contributed by atoms with van der Waals surface area (Å²) in [7, 11) is 0. The van der Waals surface area contributed by atoms with E-state index in [0.717, 1.165) is 18.6 Å². The Kier molecular flexibility index (Phi) is 5.27. The van der Waals surface area contributed by atoms with E-state index in [-0.39, 0.29) is 25.0 Å². The standard InChI is InChI=1S/C17H20N4O4/c22-15-5-10-20(17(24)19-15)11-6-16(23)21-9-1-2-14(12-21)25-13-3-7-18-8-4-13/h3-5,7-8,10,14H,1-2,6,9,11-12H2,(H,19,22,24). The van der Waals surface area contributed by atoms with Gasteiger partial charge in [0.1, 0.15) is 11.9 Å². The van der Waals surface area contributed by atoms with Crippen molar-refractivity contribution in [3.8, 4) is 5.75 Å². The van der Waals surface area contributed by atoms with E-state index >= 15 is 0 Å². The van der Waals surface area contributed by atoms with Crippen LogP contribution in [0.2, 0.25) is 0 Å². The van der Waals surface area contributed by atoms with Crippen LogP contribution in [-0.2, 0) is 11.3 Å². The maximum Gasteiger partial charge on any atom is 0.328 e. The zero-order chi connectivity index (χ0) is 17.6. The minimum atomic E-state index is -0.502. The molecule has 1 saturated heterocycles. The summed E-state index contributed by atoms with van der Waals surface area (Å²) in [6.07, 6.45) is 6.67. The molecule has 0 aromatic carbocycles. The fraction of sp³-hybridized carbons (Fsp3) is 0.412. The molecule has 0 bridgehead atoms. The van der Waals surface area contributed by atoms with Crippen molar-refractivity contribution < 1.29 is 9.53 Å². The summed E-state index contributed by atoms with van der Waals surface area (Å²) in [6.45, 7) is 1.46. The van der Waals surface area contributed by atoms with E-state index in [1.54, 1.807) is 29.4 Å². The Morgan fingerprint density at radius 3 is 2.84 bits per heavy atom. The maximum absolute atomic E-state index is 12.4. The number of hydrogen-bond donors (Lipinski definition) is 1. The molecule has 3 heterocycles. The molecule has 1 unspecified atom stereocenters. The number of nitrogens with zero attached hydrogens (tertiary/aromatic N) is 3. The summed E-state index contributed by atoms with van der Waals surface area (Å²) in [5.41, 5.74) is -0.947. The Morgan fingerprint density at radius 1 is 1.28 bits per heavy atom. The molecule has 132 valence electrons. The van der Waals surface area contributed by atoms with E-state index in [1.807, 2.05) is 0 Å². The smallest absolute Gasteiger partial charge is 0.328 e. The molecular formula is C17H20N4O4. The fourth-order valence-corrected chi connectivity index (χ4v) is 2.86. The van der Waals surface area contributed by atoms with Gasteiger partial charge in [-0.05, 0) is 25.0 Å². The topological polar surface area (TPSA) is 97.3 Å². The van der Waals surface area contributed by atoms with E-state index in [1.165, 1.54) is 16.8 Å². The van der Waals surface area contributed by atoms with Gasteiger partial charge in [0, 0.05) is 44.2 Å². The molecule has 0 spiro atoms. The molecule has 2 aromatic heterocycles. The highest BCUT2D eigenvalue weighted by Gasteiger charge is 2.24. The number of aromatic nitrogens is 3. The zero-order valence-corrected chi connectivity index (χ0v) is 13.8. The van der Waals surface area contributed by atoms with Crippen LogP contribution in [-0.4, -0.2) is 44.5 Å². The van der Waals surface area contributed by atoms with E-state index < -0.39 is 11.2 Å². The molecule has 1 amide bonds. The molecule has 8 heteroatoms. The SMILES string of the molecule is O=C(CCn1ccc(=O)[nH]c1=O)N1CCCC(Oc2ccncc2)C1. The molecule has 1 atom stereocenters. The second-order valence-corrected chi connectivity index (χ2v) is 5.96. The number of pyridine rings is 1. The van der Waals surface area contributed by atoms with Crippen LogP contribution in [0.25, 0.3) is 0 Å². The number of carbonyl (C=O) groups excluding carboxylic acids is 1. The lowest BCUT2D eigenvalue weighted by molar-refractivity contribution is -0.134. The van der Waals surface area contributed by atoms with Crippen LogP contribution in [0.15, 0.2) is 46.4 Å². The third-order valence-corrected chi connectivity index (χ3v) is 4.15. The van der Waals surface area contributed by atoms with Crippen molar-refractivity contribution in [2.24, 2.45) is 0 Å². The summed E-state index contributed by atoms with van der Waals surface area (Å²) in [5, 5.41) is 0. The molecule has 0 saturated carbocycles. The lowest BCUT2D eigenvalue weighted by Gasteiger charge is -2.33. The molecule has 1 aliphatic rings. The molecule has 1 aliphatic heterocycles. The van der Waals surface area contributed by atoms with E-state index in [2.05, 4.69) is 9.97 Å². The average Bonchev–Trinajstić information content (AvgIpc) is 2.62. The van der Waals surface area contributed by atoms with Crippen LogP contribution in [0.3, 0.4) is 0 Å². The van der Waals surface area contributed by atoms with Crippen molar-refractivity contribution in [1.29, 1.82) is 0 Å². The summed E-state index contributed by atoms with van der Waals surface area (Å²) < 4.78 is 7.23. The highest BCUT2D eigenvalue weighted by atomic mass is 16.5. The van der Waals surface area contributed by atoms with Crippen molar-refractivity contribution >= 4 is 5.91 Å². The van der Waals surface area contributed by atoms with Gasteiger partial charge in [0.15, 0.2) is 0 Å². The fourth-order valence-electron chi connectivity index (χ4n) is 2.86. The summed E-state index contributed by atoms with van der Waals surface area (Å²) in [4.78, 5) is 43.0. The van der Waals surface area contributed by atoms with Crippen molar-refractivity contribution in [3.05, 3.63) is 57.6 Å². The number of carbonyl (C=O) groups is 1. The van der Waals surface area contributed by atoms with Gasteiger partial charge < -0.3 is 14.2 Å². The van der Waals surface area contributed by atoms with Crippen LogP contribution in [0.4, 0.5) is 0 Å². The summed E-state index contributed by atoms with van der Waals surface area (Å²) >= 11 is 0. The second-order valence-electron chi connectivity index (χ2n) is 5.96. The van der Waals surface area contributed by atoms with Crippen molar-refractivity contribution in [1.82, 2.24) is 19.4 Å². The molecule has 8 nitrogen and oxygen atoms in total. The number of piperidine rings is 1. The minimum Gasteiger partial charge on any atom is -0.488 e. The molecule has 0 radical (unpaired) electrons. The Morgan fingerprint density at radius 2 is 2.08 bits per heavy atom. The van der Waals surface area contributed by atoms with E-state index in [9.17, 15) is 14.4 Å². The number of amides is 1. The van der Waals surface area contributed by atoms with Gasteiger partial charge in [-0.25, -0.2) is 4.79 Å². The molecule has 1 fully saturated rings. The van der Waals surface area contributed by atoms with Crippen molar-refractivity contribution in [3.63, 3.8) is 0 Å². The van der Waals surface area contributed by atoms with Gasteiger partial charge in [0.25, 0.3) is 5.56 Å². The lowest BCUT2D eigenvalue weighted by atomic mass is 10.1. The first-order chi connectivity index (χ1) is 12.1. The maximum atomic E-state index is 12.4. The largest absolute Gasteiger partial charge is 0.488 e. The predicted octanol–water partition coefficient (Wildman–Crippen LogP) is 0.392. The van der Waals surface area contributed by atoms with Gasteiger partial charge in [0.05, 0.1) is 6.54 Å². The molecular weight excluding hydrogens is 324 g/mol. The number of aromatic amines is 1. The van der Waals surface area contributed by atoms with Crippen LogP contribution >= 0.6 is 0 Å². The summed E-state index contributed by atoms with van der Waals surface area (Å²) in [6, 6.07) is 4.86. The molecule has 25 heavy (non-hydrogen) atoms. The predicted molar refractivity (Wildman–Crippen MR) is 90.4 cm³/mol. The molecule has 2 aromatic rings. The van der Waals surface area contributed by atoms with Gasteiger partial charge in [-0.3, -0.25) is 19.6 Å². The normalized spacial score (nSPS) is 17.3. The monoisotopic (exact) mass is 344 g/mol. The van der Waals surface area contributed by atoms with Crippen molar-refractivity contribution in [2.75, 3.05) is 13.1 Å². The van der Waals surface area contributed by atoms with Crippen LogP contribution in [0.5, 0.6) is 5.75 Å². The van der Waals surface area contributed by atoms with E-state index in [0.29, 0.717) is 13.1 Å². The highest BCUT2D eigenvalue weighted by Crippen LogP contribution is 2.18. The zero-order valence-electron chi connectivity index (χ0n) is 13.8. The first-order valence-corrected chi connectivity index (χ1v) is 8.26. The number of likely N-dealkylation sites (tertiary alicyclic amines) is 1. The van der Waals surface area contributed by atoms with Gasteiger partial charge in [-0.15, -0.1) is 0 Å². The van der Waals surface area contributed by atoms with Crippen molar-refractivity contribution in [2.45, 2.75) is 31.9 Å². The summed E-state index contributed by atoms with van der Waals surface area (Å²) in [5.74, 6) is 0.718. The molecule has 3 rings (SSSR count). The first-order valence-electron chi connectivity index (χ1n) is 8.26. The Labute approximate surface area is 144 Å². The van der Waals surface area contributed by atoms with E-state index in [4.69, 9.17) is 4.74 Å². The number of rotatable bonds is 5. The van der Waals surface area contributed by atoms with Crippen LogP contribution in [0, 0.1) is 0 Å². The first kappa shape index (κ1) is 16.9. The average molecular weight is 344 g/mol. The van der Waals surface area contributed by atoms with Crippen LogP contribution < -0.4 is 16.0 Å². The molecule has 1 N–H and O–H groups in total. The van der Waals surface area contributed by atoms with Gasteiger partial charge in [-0.2, -0.15) is 0 Å². The molecule has 0 aliphatic carbocycles. The second kappa shape index (κ2) is 7.78. The number of H-pyrrole nitrogens is 1. The number of ether oxygens (including phenoxy) is 1. The third-order valence-electron chi connectivity index (χ3n) is 4.15. The highest BCUT2D eigenvalue weighted by molar-refractivity contribution is 5.76. The third kappa shape index (κ3) is 4.56. The Bertz CT molecular complexity index is 830. The van der Waals surface area contributed by atoms with Gasteiger partial charge >= 0.3 is 5.69 Å². The van der Waals surface area contributed by atoms with Gasteiger partial charge in [-0.1, -0.05) is 0 Å². The number of aryl methyl sites for hydroxylation is 1. The Balaban J connectivity index is 1.54. The quantitative estimate of drug-likeness (QED) is 0.846. The Hall–Kier alpha value is -2.90. The number of hydrogen-bond acceptors (Lipinski definition) is 5. The number of nitrogens with one attached hydrogen (secondary N) is 1. The van der Waals surface area contributed by atoms with Gasteiger partial charge in [0.2, 0.25) is 5.91 Å². The lowest BCUT2D eigenvalue weighted by Crippen LogP contribution is -2.44. The minimum absolute atomic E-state index is 0.0267.